The number of carbonyl (C=O) groups excluding carboxylic acids is 1. The predicted octanol–water partition coefficient (Wildman–Crippen LogP) is 3.37. The van der Waals surface area contributed by atoms with Gasteiger partial charge in [0.25, 0.3) is 0 Å². The molecule has 6 heteroatoms. The summed E-state index contributed by atoms with van der Waals surface area (Å²) in [5.41, 5.74) is 8.75. The molecule has 5 nitrogen and oxygen atoms in total. The van der Waals surface area contributed by atoms with Gasteiger partial charge in [0.1, 0.15) is 17.2 Å². The summed E-state index contributed by atoms with van der Waals surface area (Å²) in [7, 11) is 1.33. The zero-order valence-corrected chi connectivity index (χ0v) is 14.4. The van der Waals surface area contributed by atoms with Crippen molar-refractivity contribution < 1.29 is 14.3 Å². The summed E-state index contributed by atoms with van der Waals surface area (Å²) < 4.78 is 10.5. The molecule has 24 heavy (non-hydrogen) atoms. The van der Waals surface area contributed by atoms with Crippen LogP contribution in [0.25, 0.3) is 0 Å². The number of benzene rings is 1. The molecule has 0 radical (unpaired) electrons. The molecular weight excluding hydrogens is 324 g/mol. The predicted molar refractivity (Wildman–Crippen MR) is 90.9 cm³/mol. The Morgan fingerprint density at radius 1 is 1.33 bits per heavy atom. The number of hydrogen-bond acceptors (Lipinski definition) is 6. The summed E-state index contributed by atoms with van der Waals surface area (Å²) in [6.45, 7) is 3.83. The molecule has 122 valence electrons. The third kappa shape index (κ3) is 2.43. The summed E-state index contributed by atoms with van der Waals surface area (Å²) in [5, 5.41) is 9.55. The number of methoxy groups -OCH3 is 1. The van der Waals surface area contributed by atoms with E-state index < -0.39 is 5.97 Å². The fourth-order valence-electron chi connectivity index (χ4n) is 2.81. The molecule has 0 fully saturated rings. The molecule has 0 saturated carbocycles. The largest absolute Gasteiger partial charge is 0.465 e. The average Bonchev–Trinajstić information content (AvgIpc) is 2.89. The van der Waals surface area contributed by atoms with E-state index in [4.69, 9.17) is 15.2 Å². The molecule has 0 bridgehead atoms. The molecule has 0 saturated heterocycles. The van der Waals surface area contributed by atoms with E-state index in [-0.39, 0.29) is 11.8 Å². The van der Waals surface area contributed by atoms with Gasteiger partial charge in [0, 0.05) is 4.88 Å². The highest BCUT2D eigenvalue weighted by Gasteiger charge is 2.36. The molecule has 0 spiro atoms. The van der Waals surface area contributed by atoms with E-state index in [0.717, 1.165) is 20.9 Å². The Morgan fingerprint density at radius 2 is 2.00 bits per heavy atom. The first-order valence-electron chi connectivity index (χ1n) is 7.33. The minimum absolute atomic E-state index is 0.0264. The zero-order valence-electron chi connectivity index (χ0n) is 13.5. The quantitative estimate of drug-likeness (QED) is 0.847. The minimum Gasteiger partial charge on any atom is -0.465 e. The van der Waals surface area contributed by atoms with Gasteiger partial charge < -0.3 is 15.2 Å². The molecule has 3 rings (SSSR count). The summed E-state index contributed by atoms with van der Waals surface area (Å²) in [6, 6.07) is 10.0. The number of fused-ring (bicyclic) bond motifs is 1. The first-order chi connectivity index (χ1) is 11.5. The normalized spacial score (nSPS) is 16.2. The lowest BCUT2D eigenvalue weighted by molar-refractivity contribution is 0.0597. The maximum Gasteiger partial charge on any atom is 0.342 e. The van der Waals surface area contributed by atoms with Crippen LogP contribution in [0.5, 0.6) is 5.75 Å². The van der Waals surface area contributed by atoms with Gasteiger partial charge in [-0.1, -0.05) is 29.8 Å². The van der Waals surface area contributed by atoms with E-state index in [1.165, 1.54) is 18.4 Å². The summed E-state index contributed by atoms with van der Waals surface area (Å²) in [4.78, 5) is 13.7. The molecule has 0 unspecified atom stereocenters. The monoisotopic (exact) mass is 340 g/mol. The van der Waals surface area contributed by atoms with Gasteiger partial charge in [-0.05, 0) is 19.4 Å². The lowest BCUT2D eigenvalue weighted by Crippen LogP contribution is -2.21. The second-order valence-corrected chi connectivity index (χ2v) is 6.81. The zero-order chi connectivity index (χ0) is 17.4. The van der Waals surface area contributed by atoms with Crippen molar-refractivity contribution in [3.8, 4) is 11.8 Å². The van der Waals surface area contributed by atoms with Crippen LogP contribution in [0.15, 0.2) is 35.7 Å². The van der Waals surface area contributed by atoms with Crippen LogP contribution in [-0.4, -0.2) is 13.1 Å². The summed E-state index contributed by atoms with van der Waals surface area (Å²) in [6.07, 6.45) is 0. The Labute approximate surface area is 143 Å². The molecular formula is C18H16N2O3S. The average molecular weight is 340 g/mol. The molecule has 2 heterocycles. The van der Waals surface area contributed by atoms with Gasteiger partial charge in [-0.3, -0.25) is 0 Å². The second-order valence-electron chi connectivity index (χ2n) is 5.55. The van der Waals surface area contributed by atoms with Crippen molar-refractivity contribution in [1.82, 2.24) is 0 Å². The van der Waals surface area contributed by atoms with Crippen LogP contribution in [0, 0.1) is 25.2 Å². The molecule has 1 atom stereocenters. The smallest absolute Gasteiger partial charge is 0.342 e. The fourth-order valence-corrected chi connectivity index (χ4v) is 4.03. The van der Waals surface area contributed by atoms with Crippen molar-refractivity contribution in [3.05, 3.63) is 62.2 Å². The molecule has 2 aromatic rings. The van der Waals surface area contributed by atoms with Crippen LogP contribution >= 0.6 is 11.3 Å². The molecule has 1 aliphatic rings. The fraction of sp³-hybridized carbons (Fsp3) is 0.222. The lowest BCUT2D eigenvalue weighted by atomic mass is 9.88. The summed E-state index contributed by atoms with van der Waals surface area (Å²) in [5.74, 6) is -0.396. The second kappa shape index (κ2) is 6.02. The number of ether oxygens (including phenoxy) is 2. The number of aryl methyl sites for hydroxylation is 2. The SMILES string of the molecule is COC(=O)c1c(C)sc2c1OC(N)=C(C#N)[C@@H]2c1ccc(C)cc1. The van der Waals surface area contributed by atoms with Crippen LogP contribution in [0.1, 0.15) is 37.2 Å². The van der Waals surface area contributed by atoms with E-state index in [9.17, 15) is 10.1 Å². The Hall–Kier alpha value is -2.78. The van der Waals surface area contributed by atoms with E-state index in [2.05, 4.69) is 6.07 Å². The summed E-state index contributed by atoms with van der Waals surface area (Å²) >= 11 is 1.42. The highest BCUT2D eigenvalue weighted by molar-refractivity contribution is 7.12. The molecule has 1 aliphatic heterocycles. The highest BCUT2D eigenvalue weighted by atomic mass is 32.1. The molecule has 2 N–H and O–H groups in total. The molecule has 0 amide bonds. The van der Waals surface area contributed by atoms with Crippen LogP contribution in [0.3, 0.4) is 0 Å². The number of rotatable bonds is 2. The van der Waals surface area contributed by atoms with Crippen molar-refractivity contribution in [1.29, 1.82) is 5.26 Å². The number of nitriles is 1. The van der Waals surface area contributed by atoms with E-state index >= 15 is 0 Å². The lowest BCUT2D eigenvalue weighted by Gasteiger charge is -2.24. The Morgan fingerprint density at radius 3 is 2.58 bits per heavy atom. The third-order valence-corrected chi connectivity index (χ3v) is 5.17. The van der Waals surface area contributed by atoms with Gasteiger partial charge >= 0.3 is 5.97 Å². The van der Waals surface area contributed by atoms with Crippen LogP contribution < -0.4 is 10.5 Å². The minimum atomic E-state index is -0.471. The number of thiophene rings is 1. The molecule has 0 aliphatic carbocycles. The first-order valence-corrected chi connectivity index (χ1v) is 8.15. The van der Waals surface area contributed by atoms with E-state index in [1.54, 1.807) is 0 Å². The van der Waals surface area contributed by atoms with Gasteiger partial charge in [0.15, 0.2) is 5.75 Å². The van der Waals surface area contributed by atoms with Crippen molar-refractivity contribution in [2.75, 3.05) is 7.11 Å². The Balaban J connectivity index is 2.24. The van der Waals surface area contributed by atoms with E-state index in [1.807, 2.05) is 38.1 Å². The molecule has 1 aromatic heterocycles. The number of nitrogens with zero attached hydrogens (tertiary/aromatic N) is 1. The first kappa shape index (κ1) is 16.1. The molecule has 1 aromatic carbocycles. The van der Waals surface area contributed by atoms with Gasteiger partial charge in [0.05, 0.1) is 17.9 Å². The Bertz CT molecular complexity index is 888. The number of carbonyl (C=O) groups is 1. The number of nitrogens with two attached hydrogens (primary N) is 1. The van der Waals surface area contributed by atoms with E-state index in [0.29, 0.717) is 16.9 Å². The third-order valence-electron chi connectivity index (χ3n) is 4.01. The number of esters is 1. The van der Waals surface area contributed by atoms with Crippen LogP contribution in [-0.2, 0) is 4.74 Å². The van der Waals surface area contributed by atoms with Gasteiger partial charge in [-0.2, -0.15) is 5.26 Å². The van der Waals surface area contributed by atoms with Gasteiger partial charge in [-0.15, -0.1) is 11.3 Å². The van der Waals surface area contributed by atoms with Crippen LogP contribution in [0.2, 0.25) is 0 Å². The van der Waals surface area contributed by atoms with Crippen molar-refractivity contribution in [2.45, 2.75) is 19.8 Å². The van der Waals surface area contributed by atoms with Crippen LogP contribution in [0.4, 0.5) is 0 Å². The number of allylic oxidation sites excluding steroid dienone is 1. The maximum absolute atomic E-state index is 12.1. The van der Waals surface area contributed by atoms with Gasteiger partial charge in [0.2, 0.25) is 5.88 Å². The topological polar surface area (TPSA) is 85.3 Å². The number of hydrogen-bond donors (Lipinski definition) is 1. The maximum atomic E-state index is 12.1. The van der Waals surface area contributed by atoms with Gasteiger partial charge in [-0.25, -0.2) is 4.79 Å². The van der Waals surface area contributed by atoms with Crippen molar-refractivity contribution in [2.24, 2.45) is 5.73 Å². The highest BCUT2D eigenvalue weighted by Crippen LogP contribution is 2.49. The Kier molecular flexibility index (Phi) is 4.04. The standard InChI is InChI=1S/C18H16N2O3S/c1-9-4-6-11(7-5-9)14-12(8-19)17(20)23-15-13(18(21)22-3)10(2)24-16(14)15/h4-7,14H,20H2,1-3H3/t14-/m0/s1. The van der Waals surface area contributed by atoms with Crippen molar-refractivity contribution in [3.63, 3.8) is 0 Å². The van der Waals surface area contributed by atoms with Crippen molar-refractivity contribution >= 4 is 17.3 Å².